The lowest BCUT2D eigenvalue weighted by molar-refractivity contribution is -0.127. The predicted octanol–water partition coefficient (Wildman–Crippen LogP) is 2.67. The van der Waals surface area contributed by atoms with Gasteiger partial charge >= 0.3 is 0 Å². The molecule has 2 N–H and O–H groups in total. The number of carbonyl (C=O) groups excluding carboxylic acids is 1. The van der Waals surface area contributed by atoms with Crippen LogP contribution in [0.4, 0.5) is 0 Å². The molecule has 2 aliphatic heterocycles. The monoisotopic (exact) mass is 383 g/mol. The Balaban J connectivity index is 1.50. The highest BCUT2D eigenvalue weighted by Gasteiger charge is 2.40. The number of rotatable bonds is 5. The van der Waals surface area contributed by atoms with Crippen molar-refractivity contribution in [2.45, 2.75) is 18.9 Å². The summed E-state index contributed by atoms with van der Waals surface area (Å²) in [5.41, 5.74) is 4.00. The largest absolute Gasteiger partial charge is 0.358 e. The Kier molecular flexibility index (Phi) is 4.44. The second-order valence-electron chi connectivity index (χ2n) is 7.24. The molecule has 1 unspecified atom stereocenters. The van der Waals surface area contributed by atoms with Crippen LogP contribution in [-0.4, -0.2) is 39.1 Å². The average molecular weight is 383 g/mol. The quantitative estimate of drug-likeness (QED) is 0.711. The molecule has 0 spiro atoms. The van der Waals surface area contributed by atoms with Crippen molar-refractivity contribution >= 4 is 11.6 Å². The first-order valence-electron chi connectivity index (χ1n) is 9.74. The van der Waals surface area contributed by atoms with E-state index in [-0.39, 0.29) is 11.9 Å². The van der Waals surface area contributed by atoms with E-state index in [0.717, 1.165) is 34.2 Å². The maximum absolute atomic E-state index is 13.2. The SMILES string of the molecule is O=C1C(Cc2ncc[nH]2)NC2=C(Cc3ccccc3)N=C(c3ccccc3)CN12. The predicted molar refractivity (Wildman–Crippen MR) is 111 cm³/mol. The first-order valence-corrected chi connectivity index (χ1v) is 9.74. The Morgan fingerprint density at radius 1 is 1.03 bits per heavy atom. The van der Waals surface area contributed by atoms with Gasteiger partial charge in [0, 0.05) is 25.2 Å². The first-order chi connectivity index (χ1) is 14.3. The Morgan fingerprint density at radius 2 is 1.79 bits per heavy atom. The minimum absolute atomic E-state index is 0.0605. The summed E-state index contributed by atoms with van der Waals surface area (Å²) in [4.78, 5) is 27.3. The molecule has 29 heavy (non-hydrogen) atoms. The summed E-state index contributed by atoms with van der Waals surface area (Å²) in [6.07, 6.45) is 4.67. The Labute approximate surface area is 169 Å². The Hall–Kier alpha value is -3.67. The molecule has 0 saturated carbocycles. The molecule has 0 aliphatic carbocycles. The van der Waals surface area contributed by atoms with Crippen molar-refractivity contribution in [1.29, 1.82) is 0 Å². The van der Waals surface area contributed by atoms with Gasteiger partial charge in [-0.1, -0.05) is 60.7 Å². The van der Waals surface area contributed by atoms with Crippen LogP contribution in [0.3, 0.4) is 0 Å². The number of H-pyrrole nitrogens is 1. The number of carbonyl (C=O) groups is 1. The maximum atomic E-state index is 13.2. The molecule has 1 aromatic heterocycles. The van der Waals surface area contributed by atoms with Crippen molar-refractivity contribution in [3.63, 3.8) is 0 Å². The number of aromatic nitrogens is 2. The molecule has 2 aromatic carbocycles. The summed E-state index contributed by atoms with van der Waals surface area (Å²) >= 11 is 0. The van der Waals surface area contributed by atoms with Gasteiger partial charge in [-0.3, -0.25) is 14.7 Å². The van der Waals surface area contributed by atoms with Crippen molar-refractivity contribution in [2.75, 3.05) is 6.54 Å². The van der Waals surface area contributed by atoms with Gasteiger partial charge in [0.25, 0.3) is 5.91 Å². The molecule has 6 nitrogen and oxygen atoms in total. The van der Waals surface area contributed by atoms with Crippen molar-refractivity contribution in [3.8, 4) is 0 Å². The molecule has 0 bridgehead atoms. The van der Waals surface area contributed by atoms with Crippen molar-refractivity contribution in [2.24, 2.45) is 4.99 Å². The van der Waals surface area contributed by atoms with Crippen LogP contribution in [0.15, 0.2) is 89.6 Å². The van der Waals surface area contributed by atoms with Crippen molar-refractivity contribution in [3.05, 3.63) is 102 Å². The lowest BCUT2D eigenvalue weighted by atomic mass is 10.1. The third-order valence-corrected chi connectivity index (χ3v) is 5.27. The molecule has 144 valence electrons. The second-order valence-corrected chi connectivity index (χ2v) is 7.24. The smallest absolute Gasteiger partial charge is 0.251 e. The van der Waals surface area contributed by atoms with Gasteiger partial charge in [0.1, 0.15) is 17.7 Å². The Bertz CT molecular complexity index is 1070. The lowest BCUT2D eigenvalue weighted by Crippen LogP contribution is -2.37. The maximum Gasteiger partial charge on any atom is 0.251 e. The zero-order valence-corrected chi connectivity index (χ0v) is 15.9. The van der Waals surface area contributed by atoms with E-state index >= 15 is 0 Å². The number of nitrogens with zero attached hydrogens (tertiary/aromatic N) is 3. The van der Waals surface area contributed by atoms with Gasteiger partial charge < -0.3 is 10.3 Å². The fourth-order valence-electron chi connectivity index (χ4n) is 3.84. The molecule has 1 amide bonds. The molecule has 2 aliphatic rings. The van der Waals surface area contributed by atoms with Crippen molar-refractivity contribution < 1.29 is 4.79 Å². The highest BCUT2D eigenvalue weighted by atomic mass is 16.2. The van der Waals surface area contributed by atoms with Crippen LogP contribution in [0.25, 0.3) is 0 Å². The lowest BCUT2D eigenvalue weighted by Gasteiger charge is -2.25. The van der Waals surface area contributed by atoms with E-state index in [4.69, 9.17) is 4.99 Å². The minimum atomic E-state index is -0.341. The van der Waals surface area contributed by atoms with E-state index in [1.165, 1.54) is 0 Å². The highest BCUT2D eigenvalue weighted by Crippen LogP contribution is 2.27. The summed E-state index contributed by atoms with van der Waals surface area (Å²) in [6.45, 7) is 0.470. The van der Waals surface area contributed by atoms with Crippen LogP contribution in [0, 0.1) is 0 Å². The van der Waals surface area contributed by atoms with Gasteiger partial charge in [0.15, 0.2) is 0 Å². The number of hydrogen-bond donors (Lipinski definition) is 2. The normalized spacial score (nSPS) is 18.5. The first kappa shape index (κ1) is 17.4. The second kappa shape index (κ2) is 7.39. The number of allylic oxidation sites excluding steroid dienone is 1. The summed E-state index contributed by atoms with van der Waals surface area (Å²) in [7, 11) is 0. The summed E-state index contributed by atoms with van der Waals surface area (Å²) in [5.74, 6) is 1.67. The van der Waals surface area contributed by atoms with Crippen molar-refractivity contribution in [1.82, 2.24) is 20.2 Å². The van der Waals surface area contributed by atoms with Gasteiger partial charge in [0.2, 0.25) is 0 Å². The molecule has 1 atom stereocenters. The van der Waals surface area contributed by atoms with E-state index in [2.05, 4.69) is 27.4 Å². The van der Waals surface area contributed by atoms with Gasteiger partial charge in [-0.25, -0.2) is 4.98 Å². The molecule has 0 radical (unpaired) electrons. The molecule has 1 fully saturated rings. The molecule has 3 heterocycles. The van der Waals surface area contributed by atoms with E-state index < -0.39 is 0 Å². The topological polar surface area (TPSA) is 73.4 Å². The molecular formula is C23H21N5O. The summed E-state index contributed by atoms with van der Waals surface area (Å²) in [6, 6.07) is 19.9. The molecule has 6 heteroatoms. The van der Waals surface area contributed by atoms with E-state index in [1.807, 2.05) is 53.4 Å². The number of imidazole rings is 1. The highest BCUT2D eigenvalue weighted by molar-refractivity contribution is 6.06. The van der Waals surface area contributed by atoms with Gasteiger partial charge in [-0.15, -0.1) is 0 Å². The van der Waals surface area contributed by atoms with Gasteiger partial charge in [0.05, 0.1) is 18.0 Å². The Morgan fingerprint density at radius 3 is 2.52 bits per heavy atom. The van der Waals surface area contributed by atoms with Crippen LogP contribution in [0.2, 0.25) is 0 Å². The fraction of sp³-hybridized carbons (Fsp3) is 0.174. The zero-order chi connectivity index (χ0) is 19.6. The molecular weight excluding hydrogens is 362 g/mol. The molecule has 3 aromatic rings. The van der Waals surface area contributed by atoms with Crippen LogP contribution < -0.4 is 5.32 Å². The van der Waals surface area contributed by atoms with E-state index in [1.54, 1.807) is 12.4 Å². The van der Waals surface area contributed by atoms with Crippen LogP contribution in [-0.2, 0) is 17.6 Å². The number of nitrogens with one attached hydrogen (secondary N) is 2. The minimum Gasteiger partial charge on any atom is -0.358 e. The third kappa shape index (κ3) is 3.45. The number of hydrogen-bond acceptors (Lipinski definition) is 4. The van der Waals surface area contributed by atoms with Crippen LogP contribution >= 0.6 is 0 Å². The van der Waals surface area contributed by atoms with Crippen LogP contribution in [0.1, 0.15) is 17.0 Å². The summed E-state index contributed by atoms with van der Waals surface area (Å²) < 4.78 is 0. The van der Waals surface area contributed by atoms with E-state index in [0.29, 0.717) is 19.4 Å². The third-order valence-electron chi connectivity index (χ3n) is 5.27. The number of benzene rings is 2. The van der Waals surface area contributed by atoms with Gasteiger partial charge in [-0.2, -0.15) is 0 Å². The average Bonchev–Trinajstić information content (AvgIpc) is 3.38. The molecule has 5 rings (SSSR count). The number of aromatic amines is 1. The fourth-order valence-corrected chi connectivity index (χ4v) is 3.84. The number of fused-ring (bicyclic) bond motifs is 1. The number of aliphatic imine (C=N–C) groups is 1. The van der Waals surface area contributed by atoms with Gasteiger partial charge in [-0.05, 0) is 11.1 Å². The number of amides is 1. The molecule has 1 saturated heterocycles. The summed E-state index contributed by atoms with van der Waals surface area (Å²) in [5, 5.41) is 3.41. The van der Waals surface area contributed by atoms with E-state index in [9.17, 15) is 4.79 Å². The zero-order valence-electron chi connectivity index (χ0n) is 15.9. The standard InChI is InChI=1S/C23H21N5O/c29-23-19(14-21-24-11-12-25-21)27-22-18(13-16-7-3-1-4-8-16)26-20(15-28(22)23)17-9-5-2-6-10-17/h1-12,19,27H,13-15H2,(H,24,25). The van der Waals surface area contributed by atoms with Crippen LogP contribution in [0.5, 0.6) is 0 Å².